The molecule has 4 rings (SSSR count). The first-order valence-corrected chi connectivity index (χ1v) is 9.54. The lowest BCUT2D eigenvalue weighted by atomic mass is 9.99. The highest BCUT2D eigenvalue weighted by Gasteiger charge is 2.47. The van der Waals surface area contributed by atoms with Gasteiger partial charge in [0.2, 0.25) is 0 Å². The summed E-state index contributed by atoms with van der Waals surface area (Å²) in [6.07, 6.45) is 4.48. The first-order chi connectivity index (χ1) is 14.6. The molecule has 1 N–H and O–H groups in total. The summed E-state index contributed by atoms with van der Waals surface area (Å²) < 4.78 is 11.1. The predicted molar refractivity (Wildman–Crippen MR) is 108 cm³/mol. The minimum absolute atomic E-state index is 0.0119. The van der Waals surface area contributed by atoms with Gasteiger partial charge in [0, 0.05) is 24.5 Å². The van der Waals surface area contributed by atoms with Crippen LogP contribution < -0.4 is 4.74 Å². The van der Waals surface area contributed by atoms with Gasteiger partial charge in [-0.25, -0.2) is 0 Å². The number of rotatable bonds is 6. The number of carbonyl (C=O) groups is 2. The zero-order chi connectivity index (χ0) is 21.1. The number of ketones is 1. The molecule has 3 heterocycles. The van der Waals surface area contributed by atoms with Crippen molar-refractivity contribution in [1.29, 1.82) is 0 Å². The van der Waals surface area contributed by atoms with Gasteiger partial charge in [-0.1, -0.05) is 12.1 Å². The molecule has 7 heteroatoms. The van der Waals surface area contributed by atoms with Gasteiger partial charge in [-0.3, -0.25) is 14.6 Å². The second-order valence-corrected chi connectivity index (χ2v) is 6.76. The number of Topliss-reactive ketones (excluding diaryl/α,β-unsaturated/α-hetero) is 1. The van der Waals surface area contributed by atoms with Crippen molar-refractivity contribution in [2.75, 3.05) is 6.61 Å². The Labute approximate surface area is 173 Å². The molecule has 1 atom stereocenters. The third-order valence-corrected chi connectivity index (χ3v) is 4.87. The van der Waals surface area contributed by atoms with Crippen LogP contribution in [-0.2, 0) is 16.1 Å². The van der Waals surface area contributed by atoms with Crippen LogP contribution in [0.3, 0.4) is 0 Å². The van der Waals surface area contributed by atoms with Crippen LogP contribution in [-0.4, -0.2) is 33.3 Å². The van der Waals surface area contributed by atoms with Crippen molar-refractivity contribution in [3.8, 4) is 5.75 Å². The molecular weight excluding hydrogens is 384 g/mol. The summed E-state index contributed by atoms with van der Waals surface area (Å²) in [6.45, 7) is 2.57. The SMILES string of the molecule is CCOc1cccc(CN2C(=O)C(=O)/C(=C(\O)c3ccncc3)C2c2ccco2)c1. The molecule has 1 saturated heterocycles. The van der Waals surface area contributed by atoms with E-state index in [1.165, 1.54) is 23.6 Å². The molecule has 0 spiro atoms. The molecule has 152 valence electrons. The molecule has 3 aromatic rings. The maximum Gasteiger partial charge on any atom is 0.296 e. The molecule has 1 aliphatic heterocycles. The monoisotopic (exact) mass is 404 g/mol. The normalized spacial score (nSPS) is 18.0. The lowest BCUT2D eigenvalue weighted by Gasteiger charge is -2.23. The molecule has 2 aromatic heterocycles. The number of aliphatic hydroxyl groups is 1. The van der Waals surface area contributed by atoms with Crippen LogP contribution in [0.5, 0.6) is 5.75 Å². The van der Waals surface area contributed by atoms with Crippen molar-refractivity contribution in [3.63, 3.8) is 0 Å². The Morgan fingerprint density at radius 3 is 2.67 bits per heavy atom. The summed E-state index contributed by atoms with van der Waals surface area (Å²) in [6, 6.07) is 13.0. The molecule has 1 amide bonds. The zero-order valence-electron chi connectivity index (χ0n) is 16.3. The number of carbonyl (C=O) groups excluding carboxylic acids is 2. The van der Waals surface area contributed by atoms with Gasteiger partial charge >= 0.3 is 0 Å². The summed E-state index contributed by atoms with van der Waals surface area (Å²) >= 11 is 0. The van der Waals surface area contributed by atoms with Gasteiger partial charge in [-0.05, 0) is 48.9 Å². The Morgan fingerprint density at radius 1 is 1.17 bits per heavy atom. The van der Waals surface area contributed by atoms with E-state index in [0.29, 0.717) is 23.7 Å². The number of aliphatic hydroxyl groups excluding tert-OH is 1. The number of nitrogens with zero attached hydrogens (tertiary/aromatic N) is 2. The Kier molecular flexibility index (Phi) is 5.34. The van der Waals surface area contributed by atoms with Crippen LogP contribution in [0.2, 0.25) is 0 Å². The van der Waals surface area contributed by atoms with E-state index in [-0.39, 0.29) is 17.9 Å². The van der Waals surface area contributed by atoms with Crippen molar-refractivity contribution >= 4 is 17.4 Å². The minimum Gasteiger partial charge on any atom is -0.507 e. The van der Waals surface area contributed by atoms with E-state index in [1.54, 1.807) is 24.3 Å². The first-order valence-electron chi connectivity index (χ1n) is 9.54. The van der Waals surface area contributed by atoms with Gasteiger partial charge in [-0.2, -0.15) is 0 Å². The number of aromatic nitrogens is 1. The van der Waals surface area contributed by atoms with Crippen molar-refractivity contribution in [2.45, 2.75) is 19.5 Å². The van der Waals surface area contributed by atoms with Crippen LogP contribution in [0.1, 0.15) is 29.9 Å². The average molecular weight is 404 g/mol. The van der Waals surface area contributed by atoms with Crippen molar-refractivity contribution in [1.82, 2.24) is 9.88 Å². The van der Waals surface area contributed by atoms with Crippen LogP contribution in [0.15, 0.2) is 77.2 Å². The lowest BCUT2D eigenvalue weighted by Crippen LogP contribution is -2.29. The van der Waals surface area contributed by atoms with E-state index in [2.05, 4.69) is 4.98 Å². The third-order valence-electron chi connectivity index (χ3n) is 4.87. The second-order valence-electron chi connectivity index (χ2n) is 6.76. The summed E-state index contributed by atoms with van der Waals surface area (Å²) in [4.78, 5) is 31.1. The van der Waals surface area contributed by atoms with E-state index in [0.717, 1.165) is 5.56 Å². The molecule has 1 aliphatic rings. The summed E-state index contributed by atoms with van der Waals surface area (Å²) in [5, 5.41) is 10.9. The Bertz CT molecular complexity index is 1090. The summed E-state index contributed by atoms with van der Waals surface area (Å²) in [5.74, 6) is -0.646. The fourth-order valence-electron chi connectivity index (χ4n) is 3.55. The summed E-state index contributed by atoms with van der Waals surface area (Å²) in [7, 11) is 0. The molecule has 0 aliphatic carbocycles. The quantitative estimate of drug-likeness (QED) is 0.383. The fourth-order valence-corrected chi connectivity index (χ4v) is 3.55. The highest BCUT2D eigenvalue weighted by molar-refractivity contribution is 6.46. The van der Waals surface area contributed by atoms with Crippen LogP contribution >= 0.6 is 0 Å². The average Bonchev–Trinajstić information content (AvgIpc) is 3.37. The largest absolute Gasteiger partial charge is 0.507 e. The van der Waals surface area contributed by atoms with E-state index in [1.807, 2.05) is 31.2 Å². The standard InChI is InChI=1S/C23H20N2O5/c1-2-29-17-6-3-5-15(13-17)14-25-20(18-7-4-12-30-18)19(22(27)23(25)28)21(26)16-8-10-24-11-9-16/h3-13,20,26H,2,14H2,1H3/b21-19-. The van der Waals surface area contributed by atoms with Crippen molar-refractivity contribution < 1.29 is 23.8 Å². The number of furan rings is 1. The minimum atomic E-state index is -0.844. The van der Waals surface area contributed by atoms with Crippen molar-refractivity contribution in [3.05, 3.63) is 89.6 Å². The predicted octanol–water partition coefficient (Wildman–Crippen LogP) is 3.70. The molecule has 1 aromatic carbocycles. The number of amides is 1. The number of hydrogen-bond donors (Lipinski definition) is 1. The van der Waals surface area contributed by atoms with Gasteiger partial charge in [0.05, 0.1) is 18.4 Å². The molecule has 1 fully saturated rings. The van der Waals surface area contributed by atoms with Gasteiger partial charge < -0.3 is 19.2 Å². The van der Waals surface area contributed by atoms with Crippen LogP contribution in [0, 0.1) is 0 Å². The van der Waals surface area contributed by atoms with Crippen LogP contribution in [0.25, 0.3) is 5.76 Å². The molecule has 0 saturated carbocycles. The lowest BCUT2D eigenvalue weighted by molar-refractivity contribution is -0.140. The smallest absolute Gasteiger partial charge is 0.296 e. The Balaban J connectivity index is 1.78. The molecule has 0 bridgehead atoms. The molecule has 0 radical (unpaired) electrons. The molecule has 30 heavy (non-hydrogen) atoms. The third kappa shape index (κ3) is 3.57. The highest BCUT2D eigenvalue weighted by Crippen LogP contribution is 2.40. The van der Waals surface area contributed by atoms with Gasteiger partial charge in [0.25, 0.3) is 11.7 Å². The first kappa shape index (κ1) is 19.4. The Hall–Kier alpha value is -3.87. The molecule has 7 nitrogen and oxygen atoms in total. The molecule has 1 unspecified atom stereocenters. The number of hydrogen-bond acceptors (Lipinski definition) is 6. The topological polar surface area (TPSA) is 92.9 Å². The van der Waals surface area contributed by atoms with E-state index >= 15 is 0 Å². The highest BCUT2D eigenvalue weighted by atomic mass is 16.5. The maximum atomic E-state index is 12.9. The Morgan fingerprint density at radius 2 is 1.97 bits per heavy atom. The second kappa shape index (κ2) is 8.24. The number of benzene rings is 1. The van der Waals surface area contributed by atoms with Gasteiger partial charge in [0.1, 0.15) is 23.3 Å². The number of ether oxygens (including phenoxy) is 1. The van der Waals surface area contributed by atoms with E-state index < -0.39 is 17.7 Å². The maximum absolute atomic E-state index is 12.9. The molecular formula is C23H20N2O5. The number of likely N-dealkylation sites (tertiary alicyclic amines) is 1. The number of pyridine rings is 1. The van der Waals surface area contributed by atoms with E-state index in [9.17, 15) is 14.7 Å². The zero-order valence-corrected chi connectivity index (χ0v) is 16.3. The van der Waals surface area contributed by atoms with Crippen molar-refractivity contribution in [2.24, 2.45) is 0 Å². The summed E-state index contributed by atoms with van der Waals surface area (Å²) in [5.41, 5.74) is 1.18. The fraction of sp³-hybridized carbons (Fsp3) is 0.174. The van der Waals surface area contributed by atoms with Gasteiger partial charge in [0.15, 0.2) is 0 Å². The van der Waals surface area contributed by atoms with E-state index in [4.69, 9.17) is 9.15 Å². The van der Waals surface area contributed by atoms with Gasteiger partial charge in [-0.15, -0.1) is 0 Å². The van der Waals surface area contributed by atoms with Crippen LogP contribution in [0.4, 0.5) is 0 Å².